The summed E-state index contributed by atoms with van der Waals surface area (Å²) in [5.41, 5.74) is 0. The van der Waals surface area contributed by atoms with E-state index >= 15 is 0 Å². The molecule has 2 heteroatoms. The topological polar surface area (TPSA) is 32.3 Å². The molecule has 2 atom stereocenters. The van der Waals surface area contributed by atoms with Crippen molar-refractivity contribution < 1.29 is 5.11 Å². The fourth-order valence-corrected chi connectivity index (χ4v) is 2.10. The van der Waals surface area contributed by atoms with Crippen LogP contribution in [-0.2, 0) is 0 Å². The molecule has 92 valence electrons. The van der Waals surface area contributed by atoms with Gasteiger partial charge in [-0.1, -0.05) is 27.2 Å². The van der Waals surface area contributed by atoms with Crippen LogP contribution in [0.4, 0.5) is 0 Å². The zero-order chi connectivity index (χ0) is 11.7. The van der Waals surface area contributed by atoms with Crippen molar-refractivity contribution in [3.8, 4) is 0 Å². The minimum atomic E-state index is 0.324. The minimum Gasteiger partial charge on any atom is -0.396 e. The zero-order valence-electron chi connectivity index (χ0n) is 10.9. The molecule has 0 spiro atoms. The molecule has 2 nitrogen and oxygen atoms in total. The van der Waals surface area contributed by atoms with Crippen LogP contribution in [0.15, 0.2) is 0 Å². The third-order valence-corrected chi connectivity index (χ3v) is 2.81. The van der Waals surface area contributed by atoms with E-state index in [4.69, 9.17) is 5.11 Å². The van der Waals surface area contributed by atoms with E-state index in [0.717, 1.165) is 18.9 Å². The Morgan fingerprint density at radius 1 is 1.13 bits per heavy atom. The molecule has 2 N–H and O–H groups in total. The van der Waals surface area contributed by atoms with E-state index in [2.05, 4.69) is 33.0 Å². The fraction of sp³-hybridized carbons (Fsp3) is 1.00. The highest BCUT2D eigenvalue weighted by atomic mass is 16.3. The predicted molar refractivity (Wildman–Crippen MR) is 67.0 cm³/mol. The fourth-order valence-electron chi connectivity index (χ4n) is 2.10. The summed E-state index contributed by atoms with van der Waals surface area (Å²) in [4.78, 5) is 0. The predicted octanol–water partition coefficient (Wildman–Crippen LogP) is 2.81. The minimum absolute atomic E-state index is 0.324. The van der Waals surface area contributed by atoms with E-state index in [1.165, 1.54) is 19.3 Å². The summed E-state index contributed by atoms with van der Waals surface area (Å²) in [6, 6.07) is 0.600. The molecular formula is C13H29NO. The Balaban J connectivity index is 3.67. The van der Waals surface area contributed by atoms with Gasteiger partial charge in [-0.3, -0.25) is 0 Å². The molecule has 0 aromatic carbocycles. The van der Waals surface area contributed by atoms with Gasteiger partial charge in [-0.15, -0.1) is 0 Å². The van der Waals surface area contributed by atoms with Crippen molar-refractivity contribution in [2.75, 3.05) is 13.2 Å². The van der Waals surface area contributed by atoms with Crippen molar-refractivity contribution in [1.82, 2.24) is 5.32 Å². The second-order valence-corrected chi connectivity index (χ2v) is 5.11. The van der Waals surface area contributed by atoms with Crippen LogP contribution in [0.2, 0.25) is 0 Å². The van der Waals surface area contributed by atoms with Crippen molar-refractivity contribution in [3.05, 3.63) is 0 Å². The van der Waals surface area contributed by atoms with Crippen LogP contribution in [0.25, 0.3) is 0 Å². The summed E-state index contributed by atoms with van der Waals surface area (Å²) in [5.74, 6) is 1.41. The number of aliphatic hydroxyl groups is 1. The average molecular weight is 215 g/mol. The lowest BCUT2D eigenvalue weighted by Crippen LogP contribution is -2.32. The van der Waals surface area contributed by atoms with Gasteiger partial charge in [0.25, 0.3) is 0 Å². The lowest BCUT2D eigenvalue weighted by molar-refractivity contribution is 0.244. The van der Waals surface area contributed by atoms with Crippen LogP contribution < -0.4 is 5.32 Å². The Morgan fingerprint density at radius 3 is 2.27 bits per heavy atom. The van der Waals surface area contributed by atoms with E-state index in [-0.39, 0.29) is 0 Å². The first-order valence-electron chi connectivity index (χ1n) is 6.44. The molecule has 15 heavy (non-hydrogen) atoms. The van der Waals surface area contributed by atoms with Gasteiger partial charge in [0.05, 0.1) is 0 Å². The molecule has 0 rings (SSSR count). The van der Waals surface area contributed by atoms with Gasteiger partial charge >= 0.3 is 0 Å². The van der Waals surface area contributed by atoms with Crippen LogP contribution >= 0.6 is 0 Å². The number of hydrogen-bond donors (Lipinski definition) is 2. The van der Waals surface area contributed by atoms with Gasteiger partial charge in [-0.2, -0.15) is 0 Å². The van der Waals surface area contributed by atoms with Crippen molar-refractivity contribution in [3.63, 3.8) is 0 Å². The summed E-state index contributed by atoms with van der Waals surface area (Å²) < 4.78 is 0. The van der Waals surface area contributed by atoms with Crippen LogP contribution in [0.5, 0.6) is 0 Å². The third kappa shape index (κ3) is 8.88. The largest absolute Gasteiger partial charge is 0.396 e. The lowest BCUT2D eigenvalue weighted by atomic mass is 9.99. The molecule has 0 bridgehead atoms. The average Bonchev–Trinajstić information content (AvgIpc) is 2.14. The van der Waals surface area contributed by atoms with E-state index < -0.39 is 0 Å². The summed E-state index contributed by atoms with van der Waals surface area (Å²) in [6.45, 7) is 10.4. The molecule has 0 heterocycles. The molecule has 0 amide bonds. The first-order valence-corrected chi connectivity index (χ1v) is 6.44. The second kappa shape index (κ2) is 9.17. The molecule has 0 saturated carbocycles. The molecule has 0 aliphatic carbocycles. The Hall–Kier alpha value is -0.0800. The van der Waals surface area contributed by atoms with Crippen molar-refractivity contribution in [2.24, 2.45) is 11.8 Å². The van der Waals surface area contributed by atoms with E-state index in [1.807, 2.05) is 0 Å². The highest BCUT2D eigenvalue weighted by Gasteiger charge is 2.09. The second-order valence-electron chi connectivity index (χ2n) is 5.11. The summed E-state index contributed by atoms with van der Waals surface area (Å²) >= 11 is 0. The number of aliphatic hydroxyl groups excluding tert-OH is 1. The third-order valence-electron chi connectivity index (χ3n) is 2.81. The van der Waals surface area contributed by atoms with E-state index in [0.29, 0.717) is 18.6 Å². The number of rotatable bonds is 9. The first-order chi connectivity index (χ1) is 7.10. The Morgan fingerprint density at radius 2 is 1.80 bits per heavy atom. The molecule has 0 fully saturated rings. The first kappa shape index (κ1) is 14.9. The van der Waals surface area contributed by atoms with Crippen molar-refractivity contribution in [2.45, 2.75) is 59.4 Å². The van der Waals surface area contributed by atoms with E-state index in [9.17, 15) is 0 Å². The van der Waals surface area contributed by atoms with E-state index in [1.54, 1.807) is 0 Å². The Bertz CT molecular complexity index is 130. The summed E-state index contributed by atoms with van der Waals surface area (Å²) in [6.07, 6.45) is 4.61. The van der Waals surface area contributed by atoms with Gasteiger partial charge in [0.2, 0.25) is 0 Å². The SMILES string of the molecule is CCCC(CCO)CNC(C)CC(C)C. The van der Waals surface area contributed by atoms with Gasteiger partial charge < -0.3 is 10.4 Å². The van der Waals surface area contributed by atoms with Crippen molar-refractivity contribution in [1.29, 1.82) is 0 Å². The monoisotopic (exact) mass is 215 g/mol. The van der Waals surface area contributed by atoms with Gasteiger partial charge in [0.15, 0.2) is 0 Å². The molecule has 0 aromatic rings. The zero-order valence-corrected chi connectivity index (χ0v) is 10.9. The van der Waals surface area contributed by atoms with Crippen molar-refractivity contribution >= 4 is 0 Å². The molecule has 0 aliphatic heterocycles. The normalized spacial score (nSPS) is 15.6. The van der Waals surface area contributed by atoms with Gasteiger partial charge in [0, 0.05) is 12.6 Å². The standard InChI is InChI=1S/C13H29NO/c1-5-6-13(7-8-15)10-14-12(4)9-11(2)3/h11-15H,5-10H2,1-4H3. The lowest BCUT2D eigenvalue weighted by Gasteiger charge is -2.21. The van der Waals surface area contributed by atoms with Crippen LogP contribution in [0.3, 0.4) is 0 Å². The maximum atomic E-state index is 8.95. The Kier molecular flexibility index (Phi) is 9.12. The quantitative estimate of drug-likeness (QED) is 0.620. The maximum Gasteiger partial charge on any atom is 0.0434 e. The van der Waals surface area contributed by atoms with Crippen LogP contribution in [0, 0.1) is 11.8 Å². The molecule has 0 radical (unpaired) electrons. The number of hydrogen-bond acceptors (Lipinski definition) is 2. The van der Waals surface area contributed by atoms with Crippen LogP contribution in [0.1, 0.15) is 53.4 Å². The summed E-state index contributed by atoms with van der Waals surface area (Å²) in [5, 5.41) is 12.5. The van der Waals surface area contributed by atoms with Gasteiger partial charge in [-0.05, 0) is 44.6 Å². The molecular weight excluding hydrogens is 186 g/mol. The highest BCUT2D eigenvalue weighted by molar-refractivity contribution is 4.67. The summed E-state index contributed by atoms with van der Waals surface area (Å²) in [7, 11) is 0. The maximum absolute atomic E-state index is 8.95. The Labute approximate surface area is 95.5 Å². The molecule has 0 aliphatic rings. The number of nitrogens with one attached hydrogen (secondary N) is 1. The molecule has 0 saturated heterocycles. The van der Waals surface area contributed by atoms with Crippen LogP contribution in [-0.4, -0.2) is 24.3 Å². The van der Waals surface area contributed by atoms with Gasteiger partial charge in [0.1, 0.15) is 0 Å². The van der Waals surface area contributed by atoms with Gasteiger partial charge in [-0.25, -0.2) is 0 Å². The molecule has 2 unspecified atom stereocenters. The highest BCUT2D eigenvalue weighted by Crippen LogP contribution is 2.11. The molecule has 0 aromatic heterocycles. The smallest absolute Gasteiger partial charge is 0.0434 e.